The quantitative estimate of drug-likeness (QED) is 0.718. The highest BCUT2D eigenvalue weighted by atomic mass is 32.2. The van der Waals surface area contributed by atoms with Crippen molar-refractivity contribution < 1.29 is 5.11 Å². The molecule has 0 aromatic heterocycles. The zero-order chi connectivity index (χ0) is 9.26. The molecule has 2 saturated heterocycles. The maximum atomic E-state index is 9.33. The molecule has 3 heteroatoms. The molecule has 2 heterocycles. The van der Waals surface area contributed by atoms with Gasteiger partial charge in [-0.25, -0.2) is 0 Å². The molecule has 76 valence electrons. The molecule has 2 fully saturated rings. The maximum Gasteiger partial charge on any atom is 0.0466 e. The van der Waals surface area contributed by atoms with Crippen LogP contribution in [-0.2, 0) is 0 Å². The number of hydrogen-bond acceptors (Lipinski definition) is 3. The number of fused-ring (bicyclic) bond motifs is 2. The van der Waals surface area contributed by atoms with E-state index in [4.69, 9.17) is 0 Å². The second kappa shape index (κ2) is 4.20. The number of likely N-dealkylation sites (tertiary alicyclic amines) is 1. The molecule has 2 aliphatic rings. The van der Waals surface area contributed by atoms with Crippen LogP contribution in [0.3, 0.4) is 0 Å². The molecule has 0 spiro atoms. The average Bonchev–Trinajstić information content (AvgIpc) is 2.15. The summed E-state index contributed by atoms with van der Waals surface area (Å²) < 4.78 is 0. The molecule has 2 nitrogen and oxygen atoms in total. The molecule has 0 radical (unpaired) electrons. The number of rotatable bonds is 2. The molecule has 2 atom stereocenters. The van der Waals surface area contributed by atoms with Crippen molar-refractivity contribution in [3.05, 3.63) is 0 Å². The fourth-order valence-electron chi connectivity index (χ4n) is 2.67. The van der Waals surface area contributed by atoms with Gasteiger partial charge in [0.25, 0.3) is 0 Å². The van der Waals surface area contributed by atoms with Crippen molar-refractivity contribution in [2.24, 2.45) is 17.8 Å². The molecule has 2 aliphatic heterocycles. The lowest BCUT2D eigenvalue weighted by atomic mass is 9.79. The second-order valence-electron chi connectivity index (χ2n) is 4.26. The predicted octanol–water partition coefficient (Wildman–Crippen LogP) is 0.910. The van der Waals surface area contributed by atoms with Crippen molar-refractivity contribution in [2.75, 3.05) is 37.7 Å². The minimum absolute atomic E-state index is 0.410. The molecule has 13 heavy (non-hydrogen) atoms. The minimum Gasteiger partial charge on any atom is -0.396 e. The minimum atomic E-state index is 0.410. The van der Waals surface area contributed by atoms with Crippen LogP contribution in [0, 0.1) is 17.8 Å². The predicted molar refractivity (Wildman–Crippen MR) is 57.0 cm³/mol. The summed E-state index contributed by atoms with van der Waals surface area (Å²) >= 11 is 2.08. The Morgan fingerprint density at radius 2 is 1.92 bits per heavy atom. The van der Waals surface area contributed by atoms with Crippen molar-refractivity contribution in [3.8, 4) is 0 Å². The first-order valence-electron chi connectivity index (χ1n) is 5.26. The van der Waals surface area contributed by atoms with Crippen molar-refractivity contribution in [3.63, 3.8) is 0 Å². The van der Waals surface area contributed by atoms with Gasteiger partial charge >= 0.3 is 0 Å². The van der Waals surface area contributed by atoms with Crippen molar-refractivity contribution in [1.29, 1.82) is 0 Å². The van der Waals surface area contributed by atoms with Gasteiger partial charge in [0, 0.05) is 19.7 Å². The van der Waals surface area contributed by atoms with Gasteiger partial charge in [-0.15, -0.1) is 0 Å². The number of nitrogens with zero attached hydrogens (tertiary/aromatic N) is 1. The Kier molecular flexibility index (Phi) is 3.17. The van der Waals surface area contributed by atoms with Crippen LogP contribution in [0.15, 0.2) is 0 Å². The van der Waals surface area contributed by atoms with Gasteiger partial charge in [-0.05, 0) is 35.8 Å². The number of aliphatic hydroxyl groups is 1. The van der Waals surface area contributed by atoms with Crippen molar-refractivity contribution in [2.45, 2.75) is 6.92 Å². The Morgan fingerprint density at radius 3 is 2.38 bits per heavy atom. The first-order valence-corrected chi connectivity index (χ1v) is 6.41. The zero-order valence-corrected chi connectivity index (χ0v) is 9.09. The van der Waals surface area contributed by atoms with E-state index in [0.717, 1.165) is 11.8 Å². The fourth-order valence-corrected chi connectivity index (χ4v) is 4.12. The van der Waals surface area contributed by atoms with E-state index < -0.39 is 0 Å². The van der Waals surface area contributed by atoms with Crippen LogP contribution in [0.2, 0.25) is 0 Å². The van der Waals surface area contributed by atoms with Gasteiger partial charge in [-0.1, -0.05) is 6.92 Å². The van der Waals surface area contributed by atoms with Gasteiger partial charge < -0.3 is 10.0 Å². The average molecular weight is 201 g/mol. The van der Waals surface area contributed by atoms with Gasteiger partial charge in [0.15, 0.2) is 0 Å². The monoisotopic (exact) mass is 201 g/mol. The first-order chi connectivity index (χ1) is 6.35. The smallest absolute Gasteiger partial charge is 0.0466 e. The summed E-state index contributed by atoms with van der Waals surface area (Å²) in [7, 11) is 0. The Morgan fingerprint density at radius 1 is 1.31 bits per heavy atom. The van der Waals surface area contributed by atoms with Gasteiger partial charge in [0.2, 0.25) is 0 Å². The second-order valence-corrected chi connectivity index (χ2v) is 5.33. The summed E-state index contributed by atoms with van der Waals surface area (Å²) in [5.41, 5.74) is 0. The standard InChI is InChI=1S/C10H19NOS/c1-2-11-3-8-6-13-7-9(4-11)10(8)5-12/h8-10,12H,2-7H2,1H3. The van der Waals surface area contributed by atoms with Crippen LogP contribution < -0.4 is 0 Å². The lowest BCUT2D eigenvalue weighted by Crippen LogP contribution is -2.51. The van der Waals surface area contributed by atoms with Crippen LogP contribution in [0.25, 0.3) is 0 Å². The highest BCUT2D eigenvalue weighted by Gasteiger charge is 2.38. The van der Waals surface area contributed by atoms with Gasteiger partial charge in [-0.3, -0.25) is 0 Å². The van der Waals surface area contributed by atoms with Crippen LogP contribution >= 0.6 is 11.8 Å². The zero-order valence-electron chi connectivity index (χ0n) is 8.28. The summed E-state index contributed by atoms with van der Waals surface area (Å²) in [5, 5.41) is 9.33. The Labute approximate surface area is 84.7 Å². The van der Waals surface area contributed by atoms with E-state index in [1.54, 1.807) is 0 Å². The van der Waals surface area contributed by atoms with E-state index in [2.05, 4.69) is 23.6 Å². The molecule has 0 aliphatic carbocycles. The molecule has 1 N–H and O–H groups in total. The number of hydrogen-bond donors (Lipinski definition) is 1. The van der Waals surface area contributed by atoms with Crippen LogP contribution in [0.1, 0.15) is 6.92 Å². The number of thioether (sulfide) groups is 1. The summed E-state index contributed by atoms with van der Waals surface area (Å²) in [5.74, 6) is 4.63. The lowest BCUT2D eigenvalue weighted by molar-refractivity contribution is 0.0425. The molecule has 2 unspecified atom stereocenters. The largest absolute Gasteiger partial charge is 0.396 e. The molecule has 0 saturated carbocycles. The van der Waals surface area contributed by atoms with Crippen LogP contribution in [0.5, 0.6) is 0 Å². The lowest BCUT2D eigenvalue weighted by Gasteiger charge is -2.46. The van der Waals surface area contributed by atoms with Crippen molar-refractivity contribution >= 4 is 11.8 Å². The van der Waals surface area contributed by atoms with E-state index in [9.17, 15) is 5.11 Å². The molecule has 0 aromatic carbocycles. The Balaban J connectivity index is 2.03. The highest BCUT2D eigenvalue weighted by molar-refractivity contribution is 7.99. The molecule has 0 amide bonds. The number of aliphatic hydroxyl groups excluding tert-OH is 1. The molecular formula is C10H19NOS. The SMILES string of the molecule is CCN1CC2CSCC(C1)C2CO. The summed E-state index contributed by atoms with van der Waals surface area (Å²) in [6.45, 7) is 6.25. The summed E-state index contributed by atoms with van der Waals surface area (Å²) in [4.78, 5) is 2.54. The van der Waals surface area contributed by atoms with E-state index >= 15 is 0 Å². The normalized spacial score (nSPS) is 40.6. The maximum absolute atomic E-state index is 9.33. The van der Waals surface area contributed by atoms with Crippen LogP contribution in [0.4, 0.5) is 0 Å². The fraction of sp³-hybridized carbons (Fsp3) is 1.00. The molecule has 0 aromatic rings. The molecule has 2 bridgehead atoms. The van der Waals surface area contributed by atoms with Gasteiger partial charge in [-0.2, -0.15) is 11.8 Å². The molecule has 2 rings (SSSR count). The third-order valence-corrected chi connectivity index (χ3v) is 4.85. The third-order valence-electron chi connectivity index (χ3n) is 3.52. The van der Waals surface area contributed by atoms with Crippen molar-refractivity contribution in [1.82, 2.24) is 4.90 Å². The van der Waals surface area contributed by atoms with E-state index in [1.807, 2.05) is 0 Å². The summed E-state index contributed by atoms with van der Waals surface area (Å²) in [6.07, 6.45) is 0. The van der Waals surface area contributed by atoms with E-state index in [-0.39, 0.29) is 0 Å². The van der Waals surface area contributed by atoms with E-state index in [1.165, 1.54) is 31.1 Å². The molecular weight excluding hydrogens is 182 g/mol. The Hall–Kier alpha value is 0.270. The van der Waals surface area contributed by atoms with E-state index in [0.29, 0.717) is 12.5 Å². The van der Waals surface area contributed by atoms with Gasteiger partial charge in [0.1, 0.15) is 0 Å². The first kappa shape index (κ1) is 9.81. The highest BCUT2D eigenvalue weighted by Crippen LogP contribution is 2.37. The Bertz CT molecular complexity index is 162. The third kappa shape index (κ3) is 1.88. The number of piperidine rings is 1. The topological polar surface area (TPSA) is 23.5 Å². The summed E-state index contributed by atoms with van der Waals surface area (Å²) in [6, 6.07) is 0. The van der Waals surface area contributed by atoms with Gasteiger partial charge in [0.05, 0.1) is 0 Å². The van der Waals surface area contributed by atoms with Crippen LogP contribution in [-0.4, -0.2) is 47.8 Å².